The largest absolute Gasteiger partial charge is 0.484 e. The van der Waals surface area contributed by atoms with Crippen LogP contribution >= 0.6 is 11.6 Å². The lowest BCUT2D eigenvalue weighted by molar-refractivity contribution is 0.200. The third-order valence-electron chi connectivity index (χ3n) is 3.76. The molecule has 2 nitrogen and oxygen atoms in total. The summed E-state index contributed by atoms with van der Waals surface area (Å²) in [5.74, 6) is 0.856. The van der Waals surface area contributed by atoms with E-state index < -0.39 is 0 Å². The summed E-state index contributed by atoms with van der Waals surface area (Å²) in [7, 11) is 0. The Labute approximate surface area is 131 Å². The Kier molecular flexibility index (Phi) is 4.47. The molecule has 0 aliphatic heterocycles. The van der Waals surface area contributed by atoms with Crippen LogP contribution < -0.4 is 10.1 Å². The van der Waals surface area contributed by atoms with Gasteiger partial charge in [-0.3, -0.25) is 0 Å². The van der Waals surface area contributed by atoms with Crippen molar-refractivity contribution in [1.82, 2.24) is 5.32 Å². The van der Waals surface area contributed by atoms with Gasteiger partial charge < -0.3 is 10.1 Å². The predicted octanol–water partition coefficient (Wildman–Crippen LogP) is 4.52. The second-order valence-corrected chi connectivity index (χ2v) is 6.05. The highest BCUT2D eigenvalue weighted by Crippen LogP contribution is 2.28. The summed E-state index contributed by atoms with van der Waals surface area (Å²) in [4.78, 5) is 0. The molecule has 2 aromatic rings. The normalized spacial score (nSPS) is 15.7. The van der Waals surface area contributed by atoms with E-state index >= 15 is 0 Å². The van der Waals surface area contributed by atoms with Crippen molar-refractivity contribution in [3.63, 3.8) is 0 Å². The van der Waals surface area contributed by atoms with Gasteiger partial charge in [0.1, 0.15) is 11.9 Å². The van der Waals surface area contributed by atoms with Gasteiger partial charge in [0.05, 0.1) is 0 Å². The molecule has 1 fully saturated rings. The molecular formula is C18H20ClNO. The second kappa shape index (κ2) is 6.50. The maximum absolute atomic E-state index is 6.24. The molecule has 0 saturated heterocycles. The van der Waals surface area contributed by atoms with E-state index in [-0.39, 0.29) is 6.10 Å². The summed E-state index contributed by atoms with van der Waals surface area (Å²) in [5, 5.41) is 4.26. The highest BCUT2D eigenvalue weighted by atomic mass is 35.5. The van der Waals surface area contributed by atoms with E-state index in [1.807, 2.05) is 43.3 Å². The zero-order valence-electron chi connectivity index (χ0n) is 12.2. The van der Waals surface area contributed by atoms with Gasteiger partial charge in [0, 0.05) is 17.6 Å². The van der Waals surface area contributed by atoms with Crippen molar-refractivity contribution in [2.75, 3.05) is 6.54 Å². The van der Waals surface area contributed by atoms with Gasteiger partial charge in [0.15, 0.2) is 0 Å². The van der Waals surface area contributed by atoms with Crippen LogP contribution in [0, 0.1) is 6.92 Å². The van der Waals surface area contributed by atoms with Gasteiger partial charge in [-0.15, -0.1) is 0 Å². The quantitative estimate of drug-likeness (QED) is 0.847. The number of benzene rings is 2. The average molecular weight is 302 g/mol. The van der Waals surface area contributed by atoms with Crippen molar-refractivity contribution in [2.24, 2.45) is 0 Å². The van der Waals surface area contributed by atoms with Crippen molar-refractivity contribution >= 4 is 11.6 Å². The maximum atomic E-state index is 6.24. The molecule has 0 spiro atoms. The van der Waals surface area contributed by atoms with E-state index in [1.54, 1.807) is 0 Å². The minimum Gasteiger partial charge on any atom is -0.484 e. The lowest BCUT2D eigenvalue weighted by atomic mass is 10.1. The van der Waals surface area contributed by atoms with E-state index in [9.17, 15) is 0 Å². The van der Waals surface area contributed by atoms with Crippen LogP contribution in [-0.4, -0.2) is 12.6 Å². The molecule has 0 aromatic heterocycles. The third-order valence-corrected chi connectivity index (χ3v) is 4.00. The molecule has 0 heterocycles. The Morgan fingerprint density at radius 1 is 1.19 bits per heavy atom. The van der Waals surface area contributed by atoms with Crippen molar-refractivity contribution in [2.45, 2.75) is 31.9 Å². The standard InChI is InChI=1S/C18H20ClNO/c1-13-7-8-15(19)11-17(13)21-18(12-20-16-9-10-16)14-5-3-2-4-6-14/h2-8,11,16,18,20H,9-10,12H2,1H3. The molecule has 1 aliphatic carbocycles. The van der Waals surface area contributed by atoms with Crippen LogP contribution in [0.3, 0.4) is 0 Å². The number of rotatable bonds is 6. The van der Waals surface area contributed by atoms with E-state index in [2.05, 4.69) is 17.4 Å². The molecule has 1 unspecified atom stereocenters. The molecule has 2 aromatic carbocycles. The van der Waals surface area contributed by atoms with Gasteiger partial charge in [-0.1, -0.05) is 48.0 Å². The Hall–Kier alpha value is -1.51. The summed E-state index contributed by atoms with van der Waals surface area (Å²) >= 11 is 6.09. The summed E-state index contributed by atoms with van der Waals surface area (Å²) in [6, 6.07) is 16.8. The summed E-state index contributed by atoms with van der Waals surface area (Å²) in [5.41, 5.74) is 2.29. The Bertz CT molecular complexity index is 595. The third kappa shape index (κ3) is 3.99. The van der Waals surface area contributed by atoms with Gasteiger partial charge in [-0.25, -0.2) is 0 Å². The molecule has 110 valence electrons. The van der Waals surface area contributed by atoms with Crippen LogP contribution in [0.2, 0.25) is 5.02 Å². The summed E-state index contributed by atoms with van der Waals surface area (Å²) in [6.07, 6.45) is 2.55. The van der Waals surface area contributed by atoms with Crippen LogP contribution in [-0.2, 0) is 0 Å². The van der Waals surface area contributed by atoms with Crippen molar-refractivity contribution in [3.05, 3.63) is 64.7 Å². The first-order valence-electron chi connectivity index (χ1n) is 7.43. The van der Waals surface area contributed by atoms with E-state index in [4.69, 9.17) is 16.3 Å². The maximum Gasteiger partial charge on any atom is 0.136 e. The fourth-order valence-electron chi connectivity index (χ4n) is 2.31. The van der Waals surface area contributed by atoms with E-state index in [1.165, 1.54) is 18.4 Å². The molecule has 1 atom stereocenters. The first-order valence-corrected chi connectivity index (χ1v) is 7.81. The van der Waals surface area contributed by atoms with Crippen molar-refractivity contribution < 1.29 is 4.74 Å². The zero-order valence-corrected chi connectivity index (χ0v) is 12.9. The van der Waals surface area contributed by atoms with Crippen LogP contribution in [0.5, 0.6) is 5.75 Å². The highest BCUT2D eigenvalue weighted by Gasteiger charge is 2.23. The minimum atomic E-state index is 0.00367. The van der Waals surface area contributed by atoms with Crippen LogP contribution in [0.1, 0.15) is 30.1 Å². The molecule has 3 heteroatoms. The predicted molar refractivity (Wildman–Crippen MR) is 87.0 cm³/mol. The van der Waals surface area contributed by atoms with E-state index in [0.29, 0.717) is 11.1 Å². The SMILES string of the molecule is Cc1ccc(Cl)cc1OC(CNC1CC1)c1ccccc1. The smallest absolute Gasteiger partial charge is 0.136 e. The fourth-order valence-corrected chi connectivity index (χ4v) is 2.47. The lowest BCUT2D eigenvalue weighted by Gasteiger charge is -2.21. The second-order valence-electron chi connectivity index (χ2n) is 5.61. The fraction of sp³-hybridized carbons (Fsp3) is 0.333. The number of nitrogens with one attached hydrogen (secondary N) is 1. The van der Waals surface area contributed by atoms with Gasteiger partial charge in [-0.2, -0.15) is 0 Å². The number of hydrogen-bond acceptors (Lipinski definition) is 2. The molecule has 0 radical (unpaired) electrons. The highest BCUT2D eigenvalue weighted by molar-refractivity contribution is 6.30. The zero-order chi connectivity index (χ0) is 14.7. The summed E-state index contributed by atoms with van der Waals surface area (Å²) in [6.45, 7) is 2.86. The van der Waals surface area contributed by atoms with Gasteiger partial charge in [-0.05, 0) is 43.0 Å². The molecule has 3 rings (SSSR count). The molecular weight excluding hydrogens is 282 g/mol. The molecule has 0 amide bonds. The molecule has 21 heavy (non-hydrogen) atoms. The summed E-state index contributed by atoms with van der Waals surface area (Å²) < 4.78 is 6.24. The van der Waals surface area contributed by atoms with Crippen LogP contribution in [0.15, 0.2) is 48.5 Å². The molecule has 1 aliphatic rings. The monoisotopic (exact) mass is 301 g/mol. The topological polar surface area (TPSA) is 21.3 Å². The van der Waals surface area contributed by atoms with Crippen LogP contribution in [0.25, 0.3) is 0 Å². The van der Waals surface area contributed by atoms with Crippen molar-refractivity contribution in [3.8, 4) is 5.75 Å². The lowest BCUT2D eigenvalue weighted by Crippen LogP contribution is -2.26. The Balaban J connectivity index is 1.78. The van der Waals surface area contributed by atoms with Gasteiger partial charge in [0.25, 0.3) is 0 Å². The minimum absolute atomic E-state index is 0.00367. The molecule has 1 N–H and O–H groups in total. The number of aryl methyl sites for hydroxylation is 1. The number of ether oxygens (including phenoxy) is 1. The van der Waals surface area contributed by atoms with Gasteiger partial charge >= 0.3 is 0 Å². The van der Waals surface area contributed by atoms with E-state index in [0.717, 1.165) is 17.9 Å². The van der Waals surface area contributed by atoms with Gasteiger partial charge in [0.2, 0.25) is 0 Å². The molecule has 0 bridgehead atoms. The Morgan fingerprint density at radius 2 is 1.95 bits per heavy atom. The Morgan fingerprint density at radius 3 is 2.67 bits per heavy atom. The molecule has 1 saturated carbocycles. The first kappa shape index (κ1) is 14.4. The number of halogens is 1. The van der Waals surface area contributed by atoms with Crippen molar-refractivity contribution in [1.29, 1.82) is 0 Å². The van der Waals surface area contributed by atoms with Crippen LogP contribution in [0.4, 0.5) is 0 Å². The number of hydrogen-bond donors (Lipinski definition) is 1. The average Bonchev–Trinajstić information content (AvgIpc) is 3.32. The first-order chi connectivity index (χ1) is 10.2.